The number of hydrogen-bond donors (Lipinski definition) is 0. The maximum absolute atomic E-state index is 12.9. The Morgan fingerprint density at radius 2 is 1.76 bits per heavy atom. The Kier molecular flexibility index (Phi) is 5.62. The monoisotopic (exact) mass is 370 g/mol. The van der Waals surface area contributed by atoms with Crippen LogP contribution in [-0.2, 0) is 17.2 Å². The van der Waals surface area contributed by atoms with E-state index in [-0.39, 0.29) is 11.5 Å². The van der Waals surface area contributed by atoms with Crippen LogP contribution in [-0.4, -0.2) is 20.2 Å². The van der Waals surface area contributed by atoms with Gasteiger partial charge < -0.3 is 4.74 Å². The third-order valence-electron chi connectivity index (χ3n) is 2.97. The van der Waals surface area contributed by atoms with Gasteiger partial charge in [0.1, 0.15) is 16.7 Å². The van der Waals surface area contributed by atoms with Gasteiger partial charge in [-0.1, -0.05) is 0 Å². The number of aromatic nitrogens is 1. The van der Waals surface area contributed by atoms with Crippen LogP contribution in [0.1, 0.15) is 32.0 Å². The van der Waals surface area contributed by atoms with E-state index in [1.807, 2.05) is 20.8 Å². The number of pyridine rings is 1. The van der Waals surface area contributed by atoms with Crippen molar-refractivity contribution in [3.8, 4) is 11.5 Å². The second kappa shape index (κ2) is 7.35. The third kappa shape index (κ3) is 5.38. The Morgan fingerprint density at radius 3 is 2.32 bits per heavy atom. The van der Waals surface area contributed by atoms with Crippen molar-refractivity contribution in [3.05, 3.63) is 53.9 Å². The minimum atomic E-state index is -4.60. The second-order valence-corrected chi connectivity index (χ2v) is 8.05. The normalized spacial score (nSPS) is 13.8. The molecular weight excluding hydrogens is 353 g/mol. The van der Waals surface area contributed by atoms with E-state index in [4.69, 9.17) is 4.74 Å². The Balaban J connectivity index is 2.15. The summed E-state index contributed by atoms with van der Waals surface area (Å²) in [5.41, 5.74) is -0.423. The molecule has 0 saturated heterocycles. The molecule has 4 nitrogen and oxygen atoms in total. The van der Waals surface area contributed by atoms with Crippen LogP contribution in [0.4, 0.5) is 13.2 Å². The summed E-state index contributed by atoms with van der Waals surface area (Å²) in [5.74, 6) is -0.141. The summed E-state index contributed by atoms with van der Waals surface area (Å²) in [7, 11) is -1.38. The molecule has 2 rings (SSSR count). The van der Waals surface area contributed by atoms with E-state index in [0.717, 1.165) is 6.20 Å². The molecular formula is C17H17F3N2O2S. The molecule has 0 amide bonds. The van der Waals surface area contributed by atoms with Gasteiger partial charge in [0.25, 0.3) is 0 Å². The molecule has 1 aromatic carbocycles. The lowest BCUT2D eigenvalue weighted by Crippen LogP contribution is -2.19. The molecule has 0 bridgehead atoms. The Morgan fingerprint density at radius 1 is 1.12 bits per heavy atom. The Labute approximate surface area is 146 Å². The van der Waals surface area contributed by atoms with Crippen molar-refractivity contribution in [1.29, 1.82) is 0 Å². The first-order valence-corrected chi connectivity index (χ1v) is 8.44. The molecule has 0 N–H and O–H groups in total. The topological polar surface area (TPSA) is 51.5 Å². The molecule has 8 heteroatoms. The first kappa shape index (κ1) is 19.1. The van der Waals surface area contributed by atoms with Crippen LogP contribution in [0.5, 0.6) is 11.5 Å². The van der Waals surface area contributed by atoms with Gasteiger partial charge in [0, 0.05) is 12.4 Å². The first-order valence-electron chi connectivity index (χ1n) is 7.33. The van der Waals surface area contributed by atoms with Gasteiger partial charge in [-0.2, -0.15) is 17.6 Å². The molecule has 0 saturated carbocycles. The largest absolute Gasteiger partial charge is 0.455 e. The minimum absolute atomic E-state index is 0.229. The van der Waals surface area contributed by atoms with Crippen molar-refractivity contribution in [2.24, 2.45) is 4.40 Å². The molecule has 1 heterocycles. The molecule has 0 aliphatic rings. The van der Waals surface area contributed by atoms with Crippen LogP contribution in [0.15, 0.2) is 47.0 Å². The first-order chi connectivity index (χ1) is 11.6. The van der Waals surface area contributed by atoms with Crippen molar-refractivity contribution in [2.45, 2.75) is 31.7 Å². The van der Waals surface area contributed by atoms with E-state index < -0.39 is 27.6 Å². The number of halogens is 3. The fourth-order valence-electron chi connectivity index (χ4n) is 1.70. The minimum Gasteiger partial charge on any atom is -0.455 e. The number of alkyl halides is 3. The zero-order chi connectivity index (χ0) is 18.7. The van der Waals surface area contributed by atoms with Gasteiger partial charge in [0.15, 0.2) is 11.4 Å². The summed E-state index contributed by atoms with van der Waals surface area (Å²) < 4.78 is 59.3. The zero-order valence-corrected chi connectivity index (χ0v) is 14.7. The molecule has 0 aliphatic carbocycles. The van der Waals surface area contributed by atoms with Gasteiger partial charge in [-0.25, -0.2) is 9.19 Å². The van der Waals surface area contributed by atoms with Crippen molar-refractivity contribution in [2.75, 3.05) is 0 Å². The van der Waals surface area contributed by atoms with Crippen LogP contribution < -0.4 is 4.74 Å². The van der Waals surface area contributed by atoms with E-state index in [9.17, 15) is 17.4 Å². The van der Waals surface area contributed by atoms with E-state index in [1.54, 1.807) is 12.1 Å². The fourth-order valence-corrected chi connectivity index (χ4v) is 2.24. The number of benzene rings is 1. The highest BCUT2D eigenvalue weighted by molar-refractivity contribution is 7.85. The highest BCUT2D eigenvalue weighted by atomic mass is 32.2. The highest BCUT2D eigenvalue weighted by Gasteiger charge is 2.36. The average molecular weight is 370 g/mol. The lowest BCUT2D eigenvalue weighted by Gasteiger charge is -2.13. The number of rotatable bonds is 4. The molecule has 0 radical (unpaired) electrons. The smallest absolute Gasteiger partial charge is 0.437 e. The van der Waals surface area contributed by atoms with E-state index >= 15 is 0 Å². The van der Waals surface area contributed by atoms with Crippen molar-refractivity contribution in [1.82, 2.24) is 4.98 Å². The van der Waals surface area contributed by atoms with E-state index in [0.29, 0.717) is 5.56 Å². The molecule has 0 fully saturated rings. The summed E-state index contributed by atoms with van der Waals surface area (Å²) in [6.45, 7) is 5.43. The maximum atomic E-state index is 12.9. The highest BCUT2D eigenvalue weighted by Crippen LogP contribution is 2.36. The predicted octanol–water partition coefficient (Wildman–Crippen LogP) is 4.77. The Hall–Kier alpha value is -2.22. The standard InChI is InChI=1S/C17H17F3N2O2S/c1-16(2,3)25(23)22-11-12-6-8-13(9-7-12)24-14-5-4-10-21-15(14)17(18,19)20/h4-11H,1-3H3. The SMILES string of the molecule is CC(C)(C)S(=O)N=Cc1ccc(Oc2cccnc2C(F)(F)F)cc1. The lowest BCUT2D eigenvalue weighted by molar-refractivity contribution is -0.142. The van der Waals surface area contributed by atoms with Crippen LogP contribution in [0, 0.1) is 0 Å². The molecule has 2 aromatic rings. The third-order valence-corrected chi connectivity index (χ3v) is 4.31. The van der Waals surface area contributed by atoms with Gasteiger partial charge in [-0.3, -0.25) is 0 Å². The fraction of sp³-hybridized carbons (Fsp3) is 0.294. The summed E-state index contributed by atoms with van der Waals surface area (Å²) in [5, 5.41) is 0. The van der Waals surface area contributed by atoms with Gasteiger partial charge in [0.2, 0.25) is 0 Å². The van der Waals surface area contributed by atoms with Gasteiger partial charge in [-0.05, 0) is 62.7 Å². The summed E-state index contributed by atoms with van der Waals surface area (Å²) in [6.07, 6.45) is -2.08. The van der Waals surface area contributed by atoms with Crippen molar-refractivity contribution >= 4 is 17.2 Å². The zero-order valence-electron chi connectivity index (χ0n) is 13.9. The number of hydrogen-bond acceptors (Lipinski definition) is 3. The lowest BCUT2D eigenvalue weighted by atomic mass is 10.2. The Bertz CT molecular complexity index is 782. The number of nitrogens with zero attached hydrogens (tertiary/aromatic N) is 2. The van der Waals surface area contributed by atoms with Gasteiger partial charge in [-0.15, -0.1) is 0 Å². The quantitative estimate of drug-likeness (QED) is 0.728. The van der Waals surface area contributed by atoms with Gasteiger partial charge in [0.05, 0.1) is 4.75 Å². The summed E-state index contributed by atoms with van der Waals surface area (Å²) in [4.78, 5) is 3.33. The van der Waals surface area contributed by atoms with Crippen molar-refractivity contribution in [3.63, 3.8) is 0 Å². The van der Waals surface area contributed by atoms with Gasteiger partial charge >= 0.3 is 6.18 Å². The molecule has 25 heavy (non-hydrogen) atoms. The summed E-state index contributed by atoms with van der Waals surface area (Å²) in [6, 6.07) is 8.82. The molecule has 134 valence electrons. The summed E-state index contributed by atoms with van der Waals surface area (Å²) >= 11 is 0. The van der Waals surface area contributed by atoms with Crippen molar-refractivity contribution < 1.29 is 22.1 Å². The number of ether oxygens (including phenoxy) is 1. The predicted molar refractivity (Wildman–Crippen MR) is 91.2 cm³/mol. The maximum Gasteiger partial charge on any atom is 0.437 e. The molecule has 1 aromatic heterocycles. The second-order valence-electron chi connectivity index (χ2n) is 6.12. The molecule has 0 aliphatic heterocycles. The molecule has 0 spiro atoms. The molecule has 1 unspecified atom stereocenters. The van der Waals surface area contributed by atoms with Crippen LogP contribution >= 0.6 is 0 Å². The van der Waals surface area contributed by atoms with E-state index in [2.05, 4.69) is 9.38 Å². The van der Waals surface area contributed by atoms with Crippen LogP contribution in [0.2, 0.25) is 0 Å². The van der Waals surface area contributed by atoms with Crippen LogP contribution in [0.25, 0.3) is 0 Å². The van der Waals surface area contributed by atoms with Crippen LogP contribution in [0.3, 0.4) is 0 Å². The molecule has 1 atom stereocenters. The van der Waals surface area contributed by atoms with E-state index in [1.165, 1.54) is 30.5 Å². The average Bonchev–Trinajstić information content (AvgIpc) is 2.52.